The standard InChI is InChI=1S/C26H31F5N4O2/c27-25(28)7-12-33(13-8-25)24(37)22-15-19-14-18(5-6-21(19)35(22)17-26(29,30)31)23(36)34-11-3-4-20(34)16-32-9-1-2-10-32/h5-6,14-15,20H,1-4,7-13,16-17H2. The number of nitrogens with zero attached hydrogens (tertiary/aromatic N) is 4. The van der Waals surface area contributed by atoms with Gasteiger partial charge in [0.05, 0.1) is 0 Å². The molecular weight excluding hydrogens is 495 g/mol. The molecule has 3 aliphatic heterocycles. The highest BCUT2D eigenvalue weighted by Crippen LogP contribution is 2.32. The number of alkyl halides is 5. The normalized spacial score (nSPS) is 22.8. The molecule has 4 heterocycles. The Morgan fingerprint density at radius 1 is 0.919 bits per heavy atom. The average molecular weight is 527 g/mol. The quantitative estimate of drug-likeness (QED) is 0.528. The Hall–Kier alpha value is -2.69. The first-order valence-corrected chi connectivity index (χ1v) is 12.9. The van der Waals surface area contributed by atoms with Crippen molar-refractivity contribution in [2.75, 3.05) is 39.3 Å². The number of piperidine rings is 1. The second-order valence-electron chi connectivity index (χ2n) is 10.5. The summed E-state index contributed by atoms with van der Waals surface area (Å²) in [6.07, 6.45) is -1.50. The van der Waals surface area contributed by atoms with E-state index in [9.17, 15) is 31.5 Å². The van der Waals surface area contributed by atoms with Crippen LogP contribution < -0.4 is 0 Å². The summed E-state index contributed by atoms with van der Waals surface area (Å²) in [5, 5.41) is 0.344. The zero-order valence-corrected chi connectivity index (χ0v) is 20.6. The maximum atomic E-state index is 13.6. The molecule has 0 spiro atoms. The first-order valence-electron chi connectivity index (χ1n) is 12.9. The molecule has 0 radical (unpaired) electrons. The summed E-state index contributed by atoms with van der Waals surface area (Å²) in [6.45, 7) is 1.68. The first-order chi connectivity index (χ1) is 17.5. The topological polar surface area (TPSA) is 48.8 Å². The van der Waals surface area contributed by atoms with Crippen LogP contribution in [-0.4, -0.2) is 88.5 Å². The third-order valence-corrected chi connectivity index (χ3v) is 7.79. The Morgan fingerprint density at radius 3 is 2.30 bits per heavy atom. The fourth-order valence-electron chi connectivity index (χ4n) is 5.85. The minimum atomic E-state index is -4.59. The van der Waals surface area contributed by atoms with Crippen LogP contribution >= 0.6 is 0 Å². The molecule has 3 aliphatic rings. The molecule has 3 saturated heterocycles. The number of carbonyl (C=O) groups excluding carboxylic acids is 2. The molecule has 1 unspecified atom stereocenters. The van der Waals surface area contributed by atoms with E-state index in [-0.39, 0.29) is 36.2 Å². The van der Waals surface area contributed by atoms with Crippen molar-refractivity contribution in [3.8, 4) is 0 Å². The van der Waals surface area contributed by atoms with Crippen molar-refractivity contribution in [1.82, 2.24) is 19.3 Å². The van der Waals surface area contributed by atoms with Crippen molar-refractivity contribution < 1.29 is 31.5 Å². The Balaban J connectivity index is 1.42. The van der Waals surface area contributed by atoms with Gasteiger partial charge in [-0.3, -0.25) is 9.59 Å². The van der Waals surface area contributed by atoms with Crippen LogP contribution in [0.2, 0.25) is 0 Å². The van der Waals surface area contributed by atoms with Crippen LogP contribution in [0.1, 0.15) is 59.4 Å². The summed E-state index contributed by atoms with van der Waals surface area (Å²) >= 11 is 0. The Kier molecular flexibility index (Phi) is 6.93. The van der Waals surface area contributed by atoms with E-state index in [1.165, 1.54) is 29.2 Å². The molecule has 1 aromatic heterocycles. The van der Waals surface area contributed by atoms with Crippen molar-refractivity contribution >= 4 is 22.7 Å². The molecule has 1 atom stereocenters. The van der Waals surface area contributed by atoms with Crippen molar-refractivity contribution in [2.24, 2.45) is 0 Å². The van der Waals surface area contributed by atoms with E-state index in [1.54, 1.807) is 0 Å². The van der Waals surface area contributed by atoms with Crippen molar-refractivity contribution in [3.05, 3.63) is 35.5 Å². The van der Waals surface area contributed by atoms with Gasteiger partial charge in [-0.25, -0.2) is 8.78 Å². The van der Waals surface area contributed by atoms with E-state index in [4.69, 9.17) is 0 Å². The van der Waals surface area contributed by atoms with Gasteiger partial charge in [0.2, 0.25) is 0 Å². The second-order valence-corrected chi connectivity index (χ2v) is 10.5. The fraction of sp³-hybridized carbons (Fsp3) is 0.615. The minimum absolute atomic E-state index is 0.102. The van der Waals surface area contributed by atoms with Gasteiger partial charge in [0.25, 0.3) is 17.7 Å². The second kappa shape index (κ2) is 9.89. The predicted octanol–water partition coefficient (Wildman–Crippen LogP) is 4.78. The maximum Gasteiger partial charge on any atom is 0.406 e. The lowest BCUT2D eigenvalue weighted by Gasteiger charge is -2.32. The third kappa shape index (κ3) is 5.61. The lowest BCUT2D eigenvalue weighted by molar-refractivity contribution is -0.140. The van der Waals surface area contributed by atoms with Gasteiger partial charge in [-0.2, -0.15) is 13.2 Å². The van der Waals surface area contributed by atoms with Crippen LogP contribution in [-0.2, 0) is 6.54 Å². The number of hydrogen-bond donors (Lipinski definition) is 0. The van der Waals surface area contributed by atoms with E-state index in [2.05, 4.69) is 4.90 Å². The lowest BCUT2D eigenvalue weighted by Crippen LogP contribution is -2.43. The zero-order chi connectivity index (χ0) is 26.4. The monoisotopic (exact) mass is 526 g/mol. The predicted molar refractivity (Wildman–Crippen MR) is 128 cm³/mol. The molecule has 202 valence electrons. The third-order valence-electron chi connectivity index (χ3n) is 7.79. The molecule has 6 nitrogen and oxygen atoms in total. The van der Waals surface area contributed by atoms with Crippen LogP contribution in [0.5, 0.6) is 0 Å². The van der Waals surface area contributed by atoms with Gasteiger partial charge in [0.1, 0.15) is 12.2 Å². The molecule has 0 aliphatic carbocycles. The zero-order valence-electron chi connectivity index (χ0n) is 20.6. The number of halogens is 5. The van der Waals surface area contributed by atoms with Crippen LogP contribution in [0.25, 0.3) is 10.9 Å². The SMILES string of the molecule is O=C(c1cc2cc(C(=O)N3CCCC3CN3CCCC3)ccc2n1CC(F)(F)F)N1CCC(F)(F)CC1. The molecular formula is C26H31F5N4O2. The number of rotatable bonds is 5. The average Bonchev–Trinajstić information content (AvgIpc) is 3.58. The van der Waals surface area contributed by atoms with Crippen molar-refractivity contribution in [2.45, 2.75) is 63.2 Å². The van der Waals surface area contributed by atoms with Crippen LogP contribution in [0.4, 0.5) is 22.0 Å². The number of aromatic nitrogens is 1. The summed E-state index contributed by atoms with van der Waals surface area (Å²) in [5.74, 6) is -3.76. The maximum absolute atomic E-state index is 13.6. The first kappa shape index (κ1) is 25.9. The van der Waals surface area contributed by atoms with Crippen LogP contribution in [0, 0.1) is 0 Å². The highest BCUT2D eigenvalue weighted by molar-refractivity contribution is 6.02. The molecule has 0 bridgehead atoms. The Morgan fingerprint density at radius 2 is 1.62 bits per heavy atom. The van der Waals surface area contributed by atoms with Gasteiger partial charge >= 0.3 is 6.18 Å². The minimum Gasteiger partial charge on any atom is -0.337 e. The number of amides is 2. The number of benzene rings is 1. The van der Waals surface area contributed by atoms with Gasteiger partial charge < -0.3 is 19.3 Å². The fourth-order valence-corrected chi connectivity index (χ4v) is 5.85. The van der Waals surface area contributed by atoms with E-state index in [1.807, 2.05) is 4.90 Å². The molecule has 1 aromatic carbocycles. The van der Waals surface area contributed by atoms with E-state index in [0.29, 0.717) is 17.5 Å². The Bertz CT molecular complexity index is 1160. The largest absolute Gasteiger partial charge is 0.406 e. The van der Waals surface area contributed by atoms with Gasteiger partial charge in [-0.15, -0.1) is 0 Å². The van der Waals surface area contributed by atoms with Gasteiger partial charge in [-0.05, 0) is 63.0 Å². The van der Waals surface area contributed by atoms with Gasteiger partial charge in [-0.1, -0.05) is 0 Å². The summed E-state index contributed by atoms with van der Waals surface area (Å²) in [5.41, 5.74) is 0.325. The highest BCUT2D eigenvalue weighted by atomic mass is 19.4. The summed E-state index contributed by atoms with van der Waals surface area (Å²) in [6, 6.07) is 5.94. The van der Waals surface area contributed by atoms with Crippen LogP contribution in [0.15, 0.2) is 24.3 Å². The summed E-state index contributed by atoms with van der Waals surface area (Å²) in [4.78, 5) is 31.9. The molecule has 11 heteroatoms. The van der Waals surface area contributed by atoms with E-state index in [0.717, 1.165) is 49.9 Å². The molecule has 5 rings (SSSR count). The Labute approximate surface area is 212 Å². The van der Waals surface area contributed by atoms with Gasteiger partial charge in [0, 0.05) is 61.5 Å². The van der Waals surface area contributed by atoms with E-state index < -0.39 is 37.4 Å². The molecule has 37 heavy (non-hydrogen) atoms. The van der Waals surface area contributed by atoms with Crippen molar-refractivity contribution in [3.63, 3.8) is 0 Å². The number of likely N-dealkylation sites (tertiary alicyclic amines) is 3. The molecule has 0 saturated carbocycles. The van der Waals surface area contributed by atoms with E-state index >= 15 is 0 Å². The molecule has 2 aromatic rings. The number of carbonyl (C=O) groups is 2. The highest BCUT2D eigenvalue weighted by Gasteiger charge is 2.38. The smallest absolute Gasteiger partial charge is 0.337 e. The number of hydrogen-bond acceptors (Lipinski definition) is 3. The molecule has 3 fully saturated rings. The summed E-state index contributed by atoms with van der Waals surface area (Å²) in [7, 11) is 0. The molecule has 0 N–H and O–H groups in total. The molecule has 2 amide bonds. The lowest BCUT2D eigenvalue weighted by atomic mass is 10.1. The summed E-state index contributed by atoms with van der Waals surface area (Å²) < 4.78 is 68.4. The number of fused-ring (bicyclic) bond motifs is 1. The van der Waals surface area contributed by atoms with Crippen LogP contribution in [0.3, 0.4) is 0 Å². The van der Waals surface area contributed by atoms with Gasteiger partial charge in [0.15, 0.2) is 0 Å². The van der Waals surface area contributed by atoms with Crippen molar-refractivity contribution in [1.29, 1.82) is 0 Å².